The minimum absolute atomic E-state index is 0.0557. The third-order valence-corrected chi connectivity index (χ3v) is 5.12. The number of nitrogens with one attached hydrogen (secondary N) is 4. The van der Waals surface area contributed by atoms with Gasteiger partial charge in [-0.3, -0.25) is 30.7 Å². The lowest BCUT2D eigenvalue weighted by molar-refractivity contribution is -0.120. The zero-order valence-corrected chi connectivity index (χ0v) is 15.2. The largest absolute Gasteiger partial charge is 0.349 e. The van der Waals surface area contributed by atoms with E-state index in [1.54, 1.807) is 24.3 Å². The highest BCUT2D eigenvalue weighted by Crippen LogP contribution is 2.24. The van der Waals surface area contributed by atoms with Crippen molar-refractivity contribution in [2.75, 3.05) is 11.4 Å². The van der Waals surface area contributed by atoms with Gasteiger partial charge >= 0.3 is 6.03 Å². The van der Waals surface area contributed by atoms with E-state index in [2.05, 4.69) is 35.3 Å². The number of hydrazine groups is 1. The molecule has 0 spiro atoms. The van der Waals surface area contributed by atoms with Crippen LogP contribution < -0.4 is 26.4 Å². The van der Waals surface area contributed by atoms with Gasteiger partial charge in [0.25, 0.3) is 5.91 Å². The fraction of sp³-hybridized carbons (Fsp3) is 0.500. The van der Waals surface area contributed by atoms with Gasteiger partial charge in [0.2, 0.25) is 5.91 Å². The molecule has 3 rings (SSSR count). The van der Waals surface area contributed by atoms with Gasteiger partial charge in [-0.15, -0.1) is 0 Å². The standard InChI is InChI=1S/C18H25N5O3/c1-10(16-11(2)21-22-12(16)3)19-17(25)13-6-4-5-7-14(13)23-9-8-15(24)20-18(23)26/h4-7,10-12,16,21-22H,8-9H2,1-3H3,(H,19,25)(H,20,24,26). The number of amides is 4. The summed E-state index contributed by atoms with van der Waals surface area (Å²) in [6.07, 6.45) is 0.215. The highest BCUT2D eigenvalue weighted by atomic mass is 16.2. The smallest absolute Gasteiger partial charge is 0.328 e. The quantitative estimate of drug-likeness (QED) is 0.635. The van der Waals surface area contributed by atoms with Gasteiger partial charge in [0.1, 0.15) is 0 Å². The molecule has 2 fully saturated rings. The number of hydrogen-bond acceptors (Lipinski definition) is 5. The molecule has 1 aromatic rings. The molecule has 2 aliphatic rings. The normalized spacial score (nSPS) is 27.2. The summed E-state index contributed by atoms with van der Waals surface area (Å²) in [5.41, 5.74) is 7.31. The molecule has 2 aliphatic heterocycles. The Hall–Kier alpha value is -2.45. The fourth-order valence-electron chi connectivity index (χ4n) is 3.83. The lowest BCUT2D eigenvalue weighted by Gasteiger charge is -2.29. The third-order valence-electron chi connectivity index (χ3n) is 5.12. The van der Waals surface area contributed by atoms with Crippen LogP contribution in [0.3, 0.4) is 0 Å². The molecule has 1 aromatic carbocycles. The number of carbonyl (C=O) groups excluding carboxylic acids is 3. The average molecular weight is 359 g/mol. The Kier molecular flexibility index (Phi) is 5.24. The van der Waals surface area contributed by atoms with Gasteiger partial charge in [-0.05, 0) is 32.9 Å². The number of hydrogen-bond donors (Lipinski definition) is 4. The molecule has 4 amide bonds. The van der Waals surface area contributed by atoms with Crippen molar-refractivity contribution in [2.24, 2.45) is 5.92 Å². The Bertz CT molecular complexity index is 713. The summed E-state index contributed by atoms with van der Waals surface area (Å²) in [6.45, 7) is 6.40. The average Bonchev–Trinajstić information content (AvgIpc) is 2.93. The van der Waals surface area contributed by atoms with Crippen molar-refractivity contribution >= 4 is 23.5 Å². The van der Waals surface area contributed by atoms with Crippen LogP contribution in [0.5, 0.6) is 0 Å². The van der Waals surface area contributed by atoms with Gasteiger partial charge in [0.15, 0.2) is 0 Å². The Morgan fingerprint density at radius 1 is 1.19 bits per heavy atom. The molecule has 2 saturated heterocycles. The summed E-state index contributed by atoms with van der Waals surface area (Å²) >= 11 is 0. The van der Waals surface area contributed by atoms with Crippen molar-refractivity contribution in [2.45, 2.75) is 45.3 Å². The van der Waals surface area contributed by atoms with Crippen LogP contribution in [-0.4, -0.2) is 42.5 Å². The van der Waals surface area contributed by atoms with E-state index in [-0.39, 0.29) is 48.8 Å². The van der Waals surface area contributed by atoms with E-state index in [0.29, 0.717) is 11.3 Å². The molecule has 0 aliphatic carbocycles. The van der Waals surface area contributed by atoms with Crippen molar-refractivity contribution in [1.29, 1.82) is 0 Å². The first-order valence-electron chi connectivity index (χ1n) is 8.90. The summed E-state index contributed by atoms with van der Waals surface area (Å²) in [5.74, 6) is -0.294. The molecule has 0 radical (unpaired) electrons. The number of urea groups is 1. The summed E-state index contributed by atoms with van der Waals surface area (Å²) in [6, 6.07) is 6.86. The maximum atomic E-state index is 12.9. The summed E-state index contributed by atoms with van der Waals surface area (Å²) in [7, 11) is 0. The zero-order chi connectivity index (χ0) is 18.8. The Balaban J connectivity index is 1.78. The number of para-hydroxylation sites is 1. The van der Waals surface area contributed by atoms with Crippen LogP contribution in [0.1, 0.15) is 37.6 Å². The van der Waals surface area contributed by atoms with Gasteiger partial charge < -0.3 is 5.32 Å². The lowest BCUT2D eigenvalue weighted by Crippen LogP contribution is -2.50. The van der Waals surface area contributed by atoms with Crippen molar-refractivity contribution in [3.05, 3.63) is 29.8 Å². The van der Waals surface area contributed by atoms with Crippen molar-refractivity contribution < 1.29 is 14.4 Å². The van der Waals surface area contributed by atoms with E-state index >= 15 is 0 Å². The van der Waals surface area contributed by atoms with Crippen LogP contribution in [0, 0.1) is 5.92 Å². The van der Waals surface area contributed by atoms with Crippen LogP contribution in [0.15, 0.2) is 24.3 Å². The fourth-order valence-corrected chi connectivity index (χ4v) is 3.83. The topological polar surface area (TPSA) is 103 Å². The van der Waals surface area contributed by atoms with Crippen LogP contribution in [0.2, 0.25) is 0 Å². The van der Waals surface area contributed by atoms with E-state index in [1.165, 1.54) is 4.90 Å². The molecule has 0 bridgehead atoms. The maximum Gasteiger partial charge on any atom is 0.328 e. The molecule has 0 aromatic heterocycles. The molecular weight excluding hydrogens is 334 g/mol. The van der Waals surface area contributed by atoms with Gasteiger partial charge in [-0.1, -0.05) is 12.1 Å². The number of imide groups is 1. The third kappa shape index (κ3) is 3.56. The number of carbonyl (C=O) groups is 3. The monoisotopic (exact) mass is 359 g/mol. The molecule has 3 unspecified atom stereocenters. The van der Waals surface area contributed by atoms with E-state index in [9.17, 15) is 14.4 Å². The second-order valence-corrected chi connectivity index (χ2v) is 6.98. The first kappa shape index (κ1) is 18.3. The molecule has 8 nitrogen and oxygen atoms in total. The molecule has 8 heteroatoms. The van der Waals surface area contributed by atoms with Crippen molar-refractivity contribution in [3.63, 3.8) is 0 Å². The van der Waals surface area contributed by atoms with Crippen LogP contribution in [-0.2, 0) is 4.79 Å². The molecule has 0 saturated carbocycles. The van der Waals surface area contributed by atoms with E-state index in [0.717, 1.165) is 0 Å². The van der Waals surface area contributed by atoms with Gasteiger partial charge in [-0.2, -0.15) is 0 Å². The Labute approximate surface area is 152 Å². The highest BCUT2D eigenvalue weighted by Gasteiger charge is 2.35. The van der Waals surface area contributed by atoms with Gasteiger partial charge in [0.05, 0.1) is 11.3 Å². The van der Waals surface area contributed by atoms with Gasteiger partial charge in [-0.25, -0.2) is 4.79 Å². The predicted molar refractivity (Wildman–Crippen MR) is 97.6 cm³/mol. The van der Waals surface area contributed by atoms with E-state index in [1.807, 2.05) is 6.92 Å². The van der Waals surface area contributed by atoms with E-state index in [4.69, 9.17) is 0 Å². The van der Waals surface area contributed by atoms with Crippen LogP contribution in [0.4, 0.5) is 10.5 Å². The number of rotatable bonds is 4. The zero-order valence-electron chi connectivity index (χ0n) is 15.2. The molecule has 4 N–H and O–H groups in total. The first-order chi connectivity index (χ1) is 12.4. The van der Waals surface area contributed by atoms with Crippen molar-refractivity contribution in [3.8, 4) is 0 Å². The summed E-state index contributed by atoms with van der Waals surface area (Å²) < 4.78 is 0. The molecule has 140 valence electrons. The second-order valence-electron chi connectivity index (χ2n) is 6.98. The minimum Gasteiger partial charge on any atom is -0.349 e. The predicted octanol–water partition coefficient (Wildman–Crippen LogP) is 0.752. The highest BCUT2D eigenvalue weighted by molar-refractivity contribution is 6.09. The maximum absolute atomic E-state index is 12.9. The Morgan fingerprint density at radius 2 is 1.85 bits per heavy atom. The Morgan fingerprint density at radius 3 is 2.50 bits per heavy atom. The van der Waals surface area contributed by atoms with Gasteiger partial charge in [0, 0.05) is 37.0 Å². The lowest BCUT2D eigenvalue weighted by atomic mass is 9.89. The van der Waals surface area contributed by atoms with Crippen LogP contribution >= 0.6 is 0 Å². The second kappa shape index (κ2) is 7.43. The summed E-state index contributed by atoms with van der Waals surface area (Å²) in [4.78, 5) is 37.8. The number of nitrogens with zero attached hydrogens (tertiary/aromatic N) is 1. The SMILES string of the molecule is CC1NNC(C)C1C(C)NC(=O)c1ccccc1N1CCC(=O)NC1=O. The molecule has 26 heavy (non-hydrogen) atoms. The minimum atomic E-state index is -0.499. The van der Waals surface area contributed by atoms with Crippen molar-refractivity contribution in [1.82, 2.24) is 21.5 Å². The number of benzene rings is 1. The first-order valence-corrected chi connectivity index (χ1v) is 8.90. The number of anilines is 1. The van der Waals surface area contributed by atoms with E-state index < -0.39 is 6.03 Å². The molecular formula is C18H25N5O3. The molecule has 3 atom stereocenters. The summed E-state index contributed by atoms with van der Waals surface area (Å²) in [5, 5.41) is 5.35. The van der Waals surface area contributed by atoms with Crippen LogP contribution in [0.25, 0.3) is 0 Å². The molecule has 2 heterocycles.